The highest BCUT2D eigenvalue weighted by Crippen LogP contribution is 2.40. The third-order valence-electron chi connectivity index (χ3n) is 4.06. The molecule has 0 aromatic heterocycles. The second-order valence-corrected chi connectivity index (χ2v) is 8.51. The molecule has 0 heterocycles. The highest BCUT2D eigenvalue weighted by atomic mass is 32.2. The van der Waals surface area contributed by atoms with Crippen LogP contribution in [0.4, 0.5) is 5.69 Å². The van der Waals surface area contributed by atoms with Crippen LogP contribution < -0.4 is 10.0 Å². The zero-order chi connectivity index (χ0) is 15.3. The molecule has 4 nitrogen and oxygen atoms in total. The van der Waals surface area contributed by atoms with Crippen molar-refractivity contribution >= 4 is 27.5 Å². The molecule has 0 unspecified atom stereocenters. The van der Waals surface area contributed by atoms with Crippen molar-refractivity contribution in [2.45, 2.75) is 42.2 Å². The largest absolute Gasteiger partial charge is 0.384 e. The lowest BCUT2D eigenvalue weighted by Gasteiger charge is -2.27. The fourth-order valence-electron chi connectivity index (χ4n) is 2.76. The summed E-state index contributed by atoms with van der Waals surface area (Å²) in [6, 6.07) is 6.99. The van der Waals surface area contributed by atoms with E-state index in [-0.39, 0.29) is 0 Å². The van der Waals surface area contributed by atoms with E-state index in [0.29, 0.717) is 16.2 Å². The second-order valence-electron chi connectivity index (χ2n) is 5.47. The Hall–Kier alpha value is -0.720. The summed E-state index contributed by atoms with van der Waals surface area (Å²) in [5.74, 6) is 0. The van der Waals surface area contributed by atoms with E-state index in [4.69, 9.17) is 0 Å². The number of thioether (sulfide) groups is 1. The molecule has 0 atom stereocenters. The molecule has 1 fully saturated rings. The molecule has 1 saturated carbocycles. The number of sulfonamides is 1. The van der Waals surface area contributed by atoms with Gasteiger partial charge in [-0.15, -0.1) is 0 Å². The standard InChI is InChI=1S/C15H24N2O2S2/c1-3-17-21(18,19)14-8-6-13(7-9-14)16-12-15(20-2)10-4-5-11-15/h6-9,16-17H,3-5,10-12H2,1-2H3. The average Bonchev–Trinajstić information content (AvgIpc) is 2.95. The number of benzene rings is 1. The maximum Gasteiger partial charge on any atom is 0.240 e. The molecule has 0 bridgehead atoms. The van der Waals surface area contributed by atoms with Crippen molar-refractivity contribution in [3.63, 3.8) is 0 Å². The van der Waals surface area contributed by atoms with E-state index in [1.165, 1.54) is 25.7 Å². The molecule has 2 N–H and O–H groups in total. The van der Waals surface area contributed by atoms with Crippen LogP contribution in [-0.4, -0.2) is 32.5 Å². The van der Waals surface area contributed by atoms with Crippen LogP contribution in [0.25, 0.3) is 0 Å². The van der Waals surface area contributed by atoms with E-state index in [1.54, 1.807) is 19.1 Å². The highest BCUT2D eigenvalue weighted by molar-refractivity contribution is 8.00. The number of anilines is 1. The Morgan fingerprint density at radius 2 is 1.81 bits per heavy atom. The lowest BCUT2D eigenvalue weighted by atomic mass is 10.1. The summed E-state index contributed by atoms with van der Waals surface area (Å²) in [7, 11) is -3.36. The molecule has 21 heavy (non-hydrogen) atoms. The normalized spacial score (nSPS) is 17.8. The van der Waals surface area contributed by atoms with Gasteiger partial charge in [0.05, 0.1) is 4.90 Å². The predicted octanol–water partition coefficient (Wildman–Crippen LogP) is 3.07. The second kappa shape index (κ2) is 7.03. The molecule has 0 spiro atoms. The van der Waals surface area contributed by atoms with Gasteiger partial charge >= 0.3 is 0 Å². The number of hydrogen-bond acceptors (Lipinski definition) is 4. The third-order valence-corrected chi connectivity index (χ3v) is 7.04. The Morgan fingerprint density at radius 3 is 2.33 bits per heavy atom. The first-order valence-corrected chi connectivity index (χ1v) is 10.1. The van der Waals surface area contributed by atoms with Gasteiger partial charge in [-0.1, -0.05) is 19.8 Å². The van der Waals surface area contributed by atoms with Gasteiger partial charge < -0.3 is 5.32 Å². The van der Waals surface area contributed by atoms with Crippen LogP contribution >= 0.6 is 11.8 Å². The van der Waals surface area contributed by atoms with Crippen LogP contribution in [0.2, 0.25) is 0 Å². The molecule has 1 aliphatic rings. The zero-order valence-electron chi connectivity index (χ0n) is 12.7. The van der Waals surface area contributed by atoms with Crippen molar-refractivity contribution in [2.75, 3.05) is 24.7 Å². The molecule has 1 aromatic rings. The van der Waals surface area contributed by atoms with Crippen LogP contribution in [0.15, 0.2) is 29.2 Å². The lowest BCUT2D eigenvalue weighted by Crippen LogP contribution is -2.30. The van der Waals surface area contributed by atoms with Crippen LogP contribution in [-0.2, 0) is 10.0 Å². The summed E-state index contributed by atoms with van der Waals surface area (Å²) >= 11 is 1.94. The number of nitrogens with one attached hydrogen (secondary N) is 2. The minimum atomic E-state index is -3.36. The number of rotatable bonds is 7. The van der Waals surface area contributed by atoms with Crippen molar-refractivity contribution in [3.05, 3.63) is 24.3 Å². The van der Waals surface area contributed by atoms with Crippen molar-refractivity contribution in [1.82, 2.24) is 4.72 Å². The first-order chi connectivity index (χ1) is 10.0. The first kappa shape index (κ1) is 16.6. The van der Waals surface area contributed by atoms with Crippen molar-refractivity contribution in [2.24, 2.45) is 0 Å². The molecule has 1 aromatic carbocycles. The summed E-state index contributed by atoms with van der Waals surface area (Å²) in [6.07, 6.45) is 7.31. The molecule has 0 saturated heterocycles. The van der Waals surface area contributed by atoms with Crippen LogP contribution in [0.5, 0.6) is 0 Å². The van der Waals surface area contributed by atoms with Gasteiger partial charge in [-0.25, -0.2) is 13.1 Å². The fraction of sp³-hybridized carbons (Fsp3) is 0.600. The van der Waals surface area contributed by atoms with E-state index in [1.807, 2.05) is 23.9 Å². The molecule has 2 rings (SSSR count). The van der Waals surface area contributed by atoms with E-state index in [9.17, 15) is 8.42 Å². The Bertz CT molecular complexity index is 550. The number of hydrogen-bond donors (Lipinski definition) is 2. The summed E-state index contributed by atoms with van der Waals surface area (Å²) in [5, 5.41) is 3.45. The summed E-state index contributed by atoms with van der Waals surface area (Å²) in [5.41, 5.74) is 0.978. The van der Waals surface area contributed by atoms with Crippen molar-refractivity contribution in [1.29, 1.82) is 0 Å². The van der Waals surface area contributed by atoms with Crippen LogP contribution in [0.3, 0.4) is 0 Å². The van der Waals surface area contributed by atoms with E-state index in [2.05, 4.69) is 16.3 Å². The average molecular weight is 329 g/mol. The first-order valence-electron chi connectivity index (χ1n) is 7.40. The quantitative estimate of drug-likeness (QED) is 0.807. The van der Waals surface area contributed by atoms with Gasteiger partial charge in [0.15, 0.2) is 0 Å². The Kier molecular flexibility index (Phi) is 5.57. The molecular weight excluding hydrogens is 304 g/mol. The summed E-state index contributed by atoms with van der Waals surface area (Å²) in [6.45, 7) is 3.11. The van der Waals surface area contributed by atoms with Crippen LogP contribution in [0, 0.1) is 0 Å². The van der Waals surface area contributed by atoms with Gasteiger partial charge in [0.25, 0.3) is 0 Å². The minimum absolute atomic E-state index is 0.315. The fourth-order valence-corrected chi connectivity index (χ4v) is 4.72. The van der Waals surface area contributed by atoms with Crippen molar-refractivity contribution in [3.8, 4) is 0 Å². The summed E-state index contributed by atoms with van der Waals surface area (Å²) < 4.78 is 26.6. The topological polar surface area (TPSA) is 58.2 Å². The van der Waals surface area contributed by atoms with E-state index < -0.39 is 10.0 Å². The van der Waals surface area contributed by atoms with Gasteiger partial charge in [0.2, 0.25) is 10.0 Å². The molecule has 0 aliphatic heterocycles. The SMILES string of the molecule is CCNS(=O)(=O)c1ccc(NCC2(SC)CCCC2)cc1. The highest BCUT2D eigenvalue weighted by Gasteiger charge is 2.32. The zero-order valence-corrected chi connectivity index (χ0v) is 14.3. The Morgan fingerprint density at radius 1 is 1.19 bits per heavy atom. The van der Waals surface area contributed by atoms with Gasteiger partial charge in [0, 0.05) is 23.5 Å². The van der Waals surface area contributed by atoms with Gasteiger partial charge in [-0.2, -0.15) is 11.8 Å². The van der Waals surface area contributed by atoms with E-state index >= 15 is 0 Å². The minimum Gasteiger partial charge on any atom is -0.384 e. The van der Waals surface area contributed by atoms with Crippen LogP contribution in [0.1, 0.15) is 32.6 Å². The van der Waals surface area contributed by atoms with Gasteiger partial charge in [-0.3, -0.25) is 0 Å². The summed E-state index contributed by atoms with van der Waals surface area (Å²) in [4.78, 5) is 0.315. The monoisotopic (exact) mass is 328 g/mol. The molecule has 1 aliphatic carbocycles. The smallest absolute Gasteiger partial charge is 0.240 e. The lowest BCUT2D eigenvalue weighted by molar-refractivity contribution is 0.584. The Balaban J connectivity index is 2.00. The van der Waals surface area contributed by atoms with Crippen molar-refractivity contribution < 1.29 is 8.42 Å². The predicted molar refractivity (Wildman–Crippen MR) is 90.5 cm³/mol. The van der Waals surface area contributed by atoms with Gasteiger partial charge in [-0.05, 0) is 43.4 Å². The molecule has 118 valence electrons. The Labute approximate surface area is 132 Å². The molecule has 0 amide bonds. The maximum absolute atomic E-state index is 11.9. The maximum atomic E-state index is 11.9. The molecular formula is C15H24N2O2S2. The molecule has 6 heteroatoms. The third kappa shape index (κ3) is 4.14. The molecule has 0 radical (unpaired) electrons. The van der Waals surface area contributed by atoms with Gasteiger partial charge in [0.1, 0.15) is 0 Å². The van der Waals surface area contributed by atoms with E-state index in [0.717, 1.165) is 12.2 Å².